The molecule has 4 nitrogen and oxygen atoms in total. The molecule has 4 heterocycles. The van der Waals surface area contributed by atoms with E-state index in [2.05, 4.69) is 58.1 Å². The lowest BCUT2D eigenvalue weighted by Gasteiger charge is -2.17. The molecule has 0 spiro atoms. The van der Waals surface area contributed by atoms with Gasteiger partial charge in [-0.3, -0.25) is 0 Å². The van der Waals surface area contributed by atoms with Gasteiger partial charge in [0.15, 0.2) is 0 Å². The predicted octanol–water partition coefficient (Wildman–Crippen LogP) is 6.03. The summed E-state index contributed by atoms with van der Waals surface area (Å²) < 4.78 is 0. The second kappa shape index (κ2) is 7.05. The standard InChI is InChI=1S/C24H18Cl2N4/c1-24(2)13-30-23-19(24)9-16(12-29-23)15-8-18-14(10-27-22(18)28-11-15)6-7-17-20(25)4-3-5-21(17)26/h3-5,8-12H,13H2,1-2H3,(H,27,28)(H,29,30). The molecule has 2 N–H and O–H groups in total. The van der Waals surface area contributed by atoms with E-state index in [1.54, 1.807) is 18.2 Å². The minimum atomic E-state index is 0.0504. The molecule has 1 aliphatic rings. The minimum absolute atomic E-state index is 0.0504. The van der Waals surface area contributed by atoms with Crippen molar-refractivity contribution in [3.8, 4) is 23.0 Å². The maximum absolute atomic E-state index is 6.24. The molecular weight excluding hydrogens is 415 g/mol. The monoisotopic (exact) mass is 432 g/mol. The van der Waals surface area contributed by atoms with Crippen LogP contribution in [0.5, 0.6) is 0 Å². The number of aromatic nitrogens is 3. The molecule has 3 aromatic heterocycles. The Morgan fingerprint density at radius 2 is 1.73 bits per heavy atom. The van der Waals surface area contributed by atoms with E-state index in [4.69, 9.17) is 23.2 Å². The molecular formula is C24H18Cl2N4. The molecule has 5 rings (SSSR count). The SMILES string of the molecule is CC1(C)CNc2ncc(-c3cnc4[nH]cc(C#Cc5c(Cl)cccc5Cl)c4c3)cc21. The van der Waals surface area contributed by atoms with Gasteiger partial charge in [0.25, 0.3) is 0 Å². The first-order chi connectivity index (χ1) is 14.4. The van der Waals surface area contributed by atoms with Crippen LogP contribution in [0.3, 0.4) is 0 Å². The molecule has 1 aliphatic heterocycles. The average Bonchev–Trinajstić information content (AvgIpc) is 3.27. The molecule has 0 saturated heterocycles. The number of nitrogens with zero attached hydrogens (tertiary/aromatic N) is 2. The van der Waals surface area contributed by atoms with E-state index in [1.807, 2.05) is 18.6 Å². The number of fused-ring (bicyclic) bond motifs is 2. The fourth-order valence-electron chi connectivity index (χ4n) is 3.69. The Kier molecular flexibility index (Phi) is 4.47. The van der Waals surface area contributed by atoms with E-state index in [0.717, 1.165) is 40.1 Å². The van der Waals surface area contributed by atoms with Crippen LogP contribution < -0.4 is 5.32 Å². The van der Waals surface area contributed by atoms with E-state index >= 15 is 0 Å². The summed E-state index contributed by atoms with van der Waals surface area (Å²) in [5.74, 6) is 7.24. The van der Waals surface area contributed by atoms with Crippen LogP contribution in [-0.2, 0) is 5.41 Å². The molecule has 6 heteroatoms. The molecule has 0 radical (unpaired) electrons. The van der Waals surface area contributed by atoms with Crippen LogP contribution in [0, 0.1) is 11.8 Å². The number of anilines is 1. The Hall–Kier alpha value is -3.00. The highest BCUT2D eigenvalue weighted by Gasteiger charge is 2.30. The third-order valence-electron chi connectivity index (χ3n) is 5.46. The van der Waals surface area contributed by atoms with E-state index in [1.165, 1.54) is 5.56 Å². The van der Waals surface area contributed by atoms with E-state index in [-0.39, 0.29) is 5.41 Å². The third-order valence-corrected chi connectivity index (χ3v) is 6.09. The van der Waals surface area contributed by atoms with Crippen LogP contribution in [0.1, 0.15) is 30.5 Å². The van der Waals surface area contributed by atoms with Gasteiger partial charge >= 0.3 is 0 Å². The number of halogens is 2. The van der Waals surface area contributed by atoms with Gasteiger partial charge in [0, 0.05) is 52.6 Å². The molecule has 30 heavy (non-hydrogen) atoms. The van der Waals surface area contributed by atoms with Crippen LogP contribution in [0.2, 0.25) is 10.0 Å². The Labute approximate surface area is 184 Å². The first-order valence-corrected chi connectivity index (χ1v) is 10.4. The zero-order chi connectivity index (χ0) is 20.9. The van der Waals surface area contributed by atoms with Crippen molar-refractivity contribution in [3.63, 3.8) is 0 Å². The second-order valence-corrected chi connectivity index (χ2v) is 8.84. The maximum Gasteiger partial charge on any atom is 0.138 e. The molecule has 148 valence electrons. The Bertz CT molecular complexity index is 1340. The third kappa shape index (κ3) is 3.21. The van der Waals surface area contributed by atoms with Crippen molar-refractivity contribution in [1.82, 2.24) is 15.0 Å². The van der Waals surface area contributed by atoms with Crippen LogP contribution in [-0.4, -0.2) is 21.5 Å². The van der Waals surface area contributed by atoms with Gasteiger partial charge in [0.2, 0.25) is 0 Å². The highest BCUT2D eigenvalue weighted by molar-refractivity contribution is 6.36. The Balaban J connectivity index is 1.58. The summed E-state index contributed by atoms with van der Waals surface area (Å²) in [7, 11) is 0. The highest BCUT2D eigenvalue weighted by Crippen LogP contribution is 2.37. The molecule has 0 bridgehead atoms. The number of H-pyrrole nitrogens is 1. The lowest BCUT2D eigenvalue weighted by atomic mass is 9.87. The van der Waals surface area contributed by atoms with Crippen LogP contribution in [0.4, 0.5) is 5.82 Å². The fourth-order valence-corrected chi connectivity index (χ4v) is 4.18. The van der Waals surface area contributed by atoms with Crippen molar-refractivity contribution in [1.29, 1.82) is 0 Å². The first kappa shape index (κ1) is 19.0. The lowest BCUT2D eigenvalue weighted by molar-refractivity contribution is 0.586. The zero-order valence-electron chi connectivity index (χ0n) is 16.5. The summed E-state index contributed by atoms with van der Waals surface area (Å²) in [6.45, 7) is 5.33. The first-order valence-electron chi connectivity index (χ1n) is 9.60. The zero-order valence-corrected chi connectivity index (χ0v) is 18.0. The molecule has 1 aromatic carbocycles. The van der Waals surface area contributed by atoms with Gasteiger partial charge in [0.05, 0.1) is 21.2 Å². The second-order valence-electron chi connectivity index (χ2n) is 8.03. The smallest absolute Gasteiger partial charge is 0.138 e. The molecule has 0 atom stereocenters. The topological polar surface area (TPSA) is 53.6 Å². The van der Waals surface area contributed by atoms with E-state index < -0.39 is 0 Å². The number of aromatic amines is 1. The van der Waals surface area contributed by atoms with Gasteiger partial charge < -0.3 is 10.3 Å². The Morgan fingerprint density at radius 1 is 1.00 bits per heavy atom. The van der Waals surface area contributed by atoms with Gasteiger partial charge in [-0.1, -0.05) is 55.0 Å². The van der Waals surface area contributed by atoms with Crippen LogP contribution in [0.15, 0.2) is 48.9 Å². The lowest BCUT2D eigenvalue weighted by Crippen LogP contribution is -2.18. The van der Waals surface area contributed by atoms with Gasteiger partial charge in [-0.15, -0.1) is 0 Å². The number of benzene rings is 1. The van der Waals surface area contributed by atoms with Crippen molar-refractivity contribution in [2.45, 2.75) is 19.3 Å². The van der Waals surface area contributed by atoms with Crippen molar-refractivity contribution < 1.29 is 0 Å². The number of hydrogen-bond donors (Lipinski definition) is 2. The van der Waals surface area contributed by atoms with Crippen molar-refractivity contribution in [3.05, 3.63) is 75.7 Å². The van der Waals surface area contributed by atoms with Crippen molar-refractivity contribution in [2.75, 3.05) is 11.9 Å². The van der Waals surface area contributed by atoms with Gasteiger partial charge in [-0.05, 0) is 24.3 Å². The van der Waals surface area contributed by atoms with Crippen molar-refractivity contribution >= 4 is 40.1 Å². The quantitative estimate of drug-likeness (QED) is 0.360. The van der Waals surface area contributed by atoms with Crippen LogP contribution in [0.25, 0.3) is 22.2 Å². The largest absolute Gasteiger partial charge is 0.369 e. The average molecular weight is 433 g/mol. The summed E-state index contributed by atoms with van der Waals surface area (Å²) in [6, 6.07) is 9.66. The van der Waals surface area contributed by atoms with E-state index in [0.29, 0.717) is 15.6 Å². The summed E-state index contributed by atoms with van der Waals surface area (Å²) in [4.78, 5) is 12.4. The highest BCUT2D eigenvalue weighted by atomic mass is 35.5. The summed E-state index contributed by atoms with van der Waals surface area (Å²) in [6.07, 6.45) is 5.60. The molecule has 0 aliphatic carbocycles. The summed E-state index contributed by atoms with van der Waals surface area (Å²) in [5, 5.41) is 5.39. The fraction of sp³-hybridized carbons (Fsp3) is 0.167. The summed E-state index contributed by atoms with van der Waals surface area (Å²) >= 11 is 12.5. The number of pyridine rings is 2. The molecule has 0 saturated carbocycles. The molecule has 4 aromatic rings. The number of nitrogens with one attached hydrogen (secondary N) is 2. The predicted molar refractivity (Wildman–Crippen MR) is 123 cm³/mol. The van der Waals surface area contributed by atoms with Crippen molar-refractivity contribution in [2.24, 2.45) is 0 Å². The van der Waals surface area contributed by atoms with Gasteiger partial charge in [-0.2, -0.15) is 0 Å². The molecule has 0 fully saturated rings. The summed E-state index contributed by atoms with van der Waals surface area (Å²) in [5.41, 5.74) is 5.55. The van der Waals surface area contributed by atoms with E-state index in [9.17, 15) is 0 Å². The Morgan fingerprint density at radius 3 is 2.53 bits per heavy atom. The number of hydrogen-bond acceptors (Lipinski definition) is 3. The molecule has 0 unspecified atom stereocenters. The van der Waals surface area contributed by atoms with Gasteiger partial charge in [-0.25, -0.2) is 9.97 Å². The van der Waals surface area contributed by atoms with Crippen LogP contribution >= 0.6 is 23.2 Å². The molecule has 0 amide bonds. The maximum atomic E-state index is 6.24. The minimum Gasteiger partial charge on any atom is -0.369 e. The van der Waals surface area contributed by atoms with Gasteiger partial charge in [0.1, 0.15) is 11.5 Å². The number of rotatable bonds is 1. The normalized spacial score (nSPS) is 14.1.